The van der Waals surface area contributed by atoms with E-state index in [1.807, 2.05) is 34.6 Å². The number of aliphatic hydroxyl groups is 2. The number of rotatable bonds is 6. The highest BCUT2D eigenvalue weighted by molar-refractivity contribution is 5.93. The van der Waals surface area contributed by atoms with Crippen molar-refractivity contribution in [3.63, 3.8) is 0 Å². The molecule has 0 amide bonds. The second-order valence-corrected chi connectivity index (χ2v) is 14.0. The summed E-state index contributed by atoms with van der Waals surface area (Å²) in [5, 5.41) is 21.9. The van der Waals surface area contributed by atoms with Gasteiger partial charge in [-0.15, -0.1) is 0 Å². The maximum Gasteiger partial charge on any atom is 0.340 e. The summed E-state index contributed by atoms with van der Waals surface area (Å²) in [4.78, 5) is 52.1. The van der Waals surface area contributed by atoms with Crippen molar-refractivity contribution in [2.75, 3.05) is 7.11 Å². The zero-order valence-corrected chi connectivity index (χ0v) is 26.0. The van der Waals surface area contributed by atoms with Gasteiger partial charge in [-0.3, -0.25) is 14.4 Å². The number of carbonyl (C=O) groups is 4. The van der Waals surface area contributed by atoms with Gasteiger partial charge in [0.1, 0.15) is 17.8 Å². The van der Waals surface area contributed by atoms with E-state index in [-0.39, 0.29) is 24.3 Å². The molecule has 2 aliphatic carbocycles. The van der Waals surface area contributed by atoms with E-state index >= 15 is 0 Å². The van der Waals surface area contributed by atoms with Crippen molar-refractivity contribution in [2.45, 2.75) is 110 Å². The van der Waals surface area contributed by atoms with Gasteiger partial charge in [-0.2, -0.15) is 0 Å². The number of methoxy groups -OCH3 is 1. The topological polar surface area (TPSA) is 155 Å². The minimum atomic E-state index is -1.46. The van der Waals surface area contributed by atoms with Crippen LogP contribution in [0.2, 0.25) is 0 Å². The third kappa shape index (κ3) is 4.32. The molecular weight excluding hydrogens is 560 g/mol. The highest BCUT2D eigenvalue weighted by Gasteiger charge is 2.76. The summed E-state index contributed by atoms with van der Waals surface area (Å²) in [6.07, 6.45) is -3.34. The molecule has 11 nitrogen and oxygen atoms in total. The molecule has 3 aliphatic heterocycles. The Morgan fingerprint density at radius 1 is 1.16 bits per heavy atom. The normalized spacial score (nSPS) is 43.8. The molecule has 4 fully saturated rings. The molecule has 2 saturated carbocycles. The number of fused-ring (bicyclic) bond motifs is 3. The standard InChI is InChI=1S/C32H44O11/c1-9-15(2)27(37)42-23-24(36)29(4,5)19(13-20(33)39-8)31(7)18-10-11-30(6)25(17-12-21(34)41-28(17)38)40-22(35)14-32(30,16(18)3)43-26(23)31/h12,15,18-19,21,23-26,34,36H,3,9-11,13-14H2,1-2,4-8H3/t15?,18-,19-,21?,23-,24-,25-,26-,30-,31+,32-/m0/s1. The summed E-state index contributed by atoms with van der Waals surface area (Å²) in [5.74, 6) is -3.57. The van der Waals surface area contributed by atoms with Gasteiger partial charge in [0.15, 0.2) is 6.10 Å². The second kappa shape index (κ2) is 10.4. The molecule has 2 bridgehead atoms. The van der Waals surface area contributed by atoms with Gasteiger partial charge in [0.25, 0.3) is 0 Å². The van der Waals surface area contributed by atoms with E-state index in [0.717, 1.165) is 0 Å². The molecule has 11 heteroatoms. The van der Waals surface area contributed by atoms with Gasteiger partial charge in [-0.25, -0.2) is 4.79 Å². The number of hydrogen-bond acceptors (Lipinski definition) is 11. The van der Waals surface area contributed by atoms with Crippen LogP contribution < -0.4 is 0 Å². The van der Waals surface area contributed by atoms with Crippen LogP contribution in [0.15, 0.2) is 23.8 Å². The van der Waals surface area contributed by atoms with Crippen molar-refractivity contribution in [1.29, 1.82) is 0 Å². The fraction of sp³-hybridized carbons (Fsp3) is 0.750. The van der Waals surface area contributed by atoms with Gasteiger partial charge in [-0.05, 0) is 48.2 Å². The van der Waals surface area contributed by atoms with Gasteiger partial charge < -0.3 is 33.9 Å². The Morgan fingerprint density at radius 3 is 2.42 bits per heavy atom. The summed E-state index contributed by atoms with van der Waals surface area (Å²) in [6.45, 7) is 15.7. The Kier molecular flexibility index (Phi) is 7.66. The third-order valence-corrected chi connectivity index (χ3v) is 11.7. The molecule has 238 valence electrons. The van der Waals surface area contributed by atoms with Gasteiger partial charge in [0, 0.05) is 17.3 Å². The summed E-state index contributed by atoms with van der Waals surface area (Å²) in [6, 6.07) is 0. The van der Waals surface area contributed by atoms with Gasteiger partial charge in [-0.1, -0.05) is 48.1 Å². The Bertz CT molecular complexity index is 1270. The lowest BCUT2D eigenvalue weighted by molar-refractivity contribution is -0.336. The van der Waals surface area contributed by atoms with E-state index in [1.54, 1.807) is 6.92 Å². The first-order valence-corrected chi connectivity index (χ1v) is 15.1. The number of carbonyl (C=O) groups excluding carboxylic acids is 4. The summed E-state index contributed by atoms with van der Waals surface area (Å²) in [7, 11) is 1.32. The smallest absolute Gasteiger partial charge is 0.340 e. The highest BCUT2D eigenvalue weighted by atomic mass is 16.6. The lowest BCUT2D eigenvalue weighted by Crippen LogP contribution is -2.77. The SMILES string of the molecule is C=C1[C@@H]2CC[C@@]3(C)[C@H](C4=CC(O)OC4=O)OC(=O)C[C@]13O[C@H]1[C@@H](OC(=O)C(C)CC)[C@H](O)C(C)(C)[C@H](CC(=O)OC)[C@@]21C. The van der Waals surface area contributed by atoms with E-state index in [9.17, 15) is 29.4 Å². The molecule has 2 saturated heterocycles. The van der Waals surface area contributed by atoms with Crippen LogP contribution in [0.3, 0.4) is 0 Å². The Balaban J connectivity index is 1.68. The predicted molar refractivity (Wildman–Crippen MR) is 150 cm³/mol. The minimum Gasteiger partial charge on any atom is -0.469 e. The van der Waals surface area contributed by atoms with Crippen molar-refractivity contribution < 1.29 is 53.1 Å². The first-order valence-electron chi connectivity index (χ1n) is 15.1. The monoisotopic (exact) mass is 604 g/mol. The Hall–Kier alpha value is -2.76. The number of hydrogen-bond donors (Lipinski definition) is 2. The van der Waals surface area contributed by atoms with Crippen molar-refractivity contribution in [1.82, 2.24) is 0 Å². The molecule has 2 unspecified atom stereocenters. The molecule has 1 spiro atoms. The lowest BCUT2D eigenvalue weighted by Gasteiger charge is -2.71. The quantitative estimate of drug-likeness (QED) is 0.261. The van der Waals surface area contributed by atoms with Crippen LogP contribution in [0.1, 0.15) is 73.6 Å². The van der Waals surface area contributed by atoms with Crippen LogP contribution in [-0.2, 0) is 42.9 Å². The molecule has 0 radical (unpaired) electrons. The summed E-state index contributed by atoms with van der Waals surface area (Å²) in [5.41, 5.74) is -3.53. The van der Waals surface area contributed by atoms with E-state index in [0.29, 0.717) is 24.8 Å². The van der Waals surface area contributed by atoms with Crippen LogP contribution >= 0.6 is 0 Å². The van der Waals surface area contributed by atoms with E-state index in [4.69, 9.17) is 23.7 Å². The molecule has 0 aromatic heterocycles. The van der Waals surface area contributed by atoms with Gasteiger partial charge in [0.05, 0.1) is 31.1 Å². The number of ether oxygens (including phenoxy) is 5. The third-order valence-electron chi connectivity index (χ3n) is 11.7. The molecular formula is C32H44O11. The maximum absolute atomic E-state index is 13.3. The fourth-order valence-electron chi connectivity index (χ4n) is 8.88. The number of esters is 4. The zero-order chi connectivity index (χ0) is 31.9. The molecule has 43 heavy (non-hydrogen) atoms. The van der Waals surface area contributed by atoms with Crippen LogP contribution in [0.25, 0.3) is 0 Å². The number of cyclic esters (lactones) is 2. The molecule has 5 aliphatic rings. The van der Waals surface area contributed by atoms with Crippen molar-refractivity contribution in [3.05, 3.63) is 23.8 Å². The van der Waals surface area contributed by atoms with Crippen LogP contribution in [-0.4, -0.2) is 77.5 Å². The first-order chi connectivity index (χ1) is 20.0. The highest BCUT2D eigenvalue weighted by Crippen LogP contribution is 2.71. The van der Waals surface area contributed by atoms with Crippen LogP contribution in [0, 0.1) is 34.0 Å². The molecule has 3 heterocycles. The Morgan fingerprint density at radius 2 is 1.84 bits per heavy atom. The molecule has 0 aromatic rings. The lowest BCUT2D eigenvalue weighted by atomic mass is 9.41. The van der Waals surface area contributed by atoms with Crippen molar-refractivity contribution >= 4 is 23.9 Å². The molecule has 5 rings (SSSR count). The summed E-state index contributed by atoms with van der Waals surface area (Å²) >= 11 is 0. The zero-order valence-electron chi connectivity index (χ0n) is 26.0. The van der Waals surface area contributed by atoms with Crippen LogP contribution in [0.5, 0.6) is 0 Å². The van der Waals surface area contributed by atoms with Crippen molar-refractivity contribution in [2.24, 2.45) is 34.0 Å². The average molecular weight is 605 g/mol. The molecule has 11 atom stereocenters. The molecule has 2 N–H and O–H groups in total. The molecule has 0 aromatic carbocycles. The Labute approximate surface area is 251 Å². The minimum absolute atomic E-state index is 0.0156. The average Bonchev–Trinajstić information content (AvgIpc) is 3.28. The van der Waals surface area contributed by atoms with Gasteiger partial charge in [0.2, 0.25) is 6.29 Å². The van der Waals surface area contributed by atoms with E-state index in [2.05, 4.69) is 6.58 Å². The maximum atomic E-state index is 13.3. The van der Waals surface area contributed by atoms with Crippen LogP contribution in [0.4, 0.5) is 0 Å². The van der Waals surface area contributed by atoms with Gasteiger partial charge >= 0.3 is 23.9 Å². The fourth-order valence-corrected chi connectivity index (χ4v) is 8.88. The van der Waals surface area contributed by atoms with E-state index < -0.39 is 88.3 Å². The predicted octanol–water partition coefficient (Wildman–Crippen LogP) is 2.76. The van der Waals surface area contributed by atoms with E-state index in [1.165, 1.54) is 13.2 Å². The number of aliphatic hydroxyl groups excluding tert-OH is 2. The van der Waals surface area contributed by atoms with Crippen molar-refractivity contribution in [3.8, 4) is 0 Å². The largest absolute Gasteiger partial charge is 0.469 e. The second-order valence-electron chi connectivity index (χ2n) is 14.0. The first kappa shape index (κ1) is 31.7. The summed E-state index contributed by atoms with van der Waals surface area (Å²) < 4.78 is 29.0.